The maximum atomic E-state index is 11.8. The largest absolute Gasteiger partial charge is 0.457 e. The second-order valence-corrected chi connectivity index (χ2v) is 12.9. The summed E-state index contributed by atoms with van der Waals surface area (Å²) in [5.41, 5.74) is 4.64. The molecule has 21 heavy (non-hydrogen) atoms. The van der Waals surface area contributed by atoms with Crippen LogP contribution < -0.4 is 0 Å². The van der Waals surface area contributed by atoms with Gasteiger partial charge in [0.05, 0.1) is 8.07 Å². The number of ether oxygens (including phenoxy) is 1. The van der Waals surface area contributed by atoms with E-state index in [1.807, 2.05) is 26.8 Å². The molecule has 0 unspecified atom stereocenters. The lowest BCUT2D eigenvalue weighted by molar-refractivity contribution is -0.148. The zero-order valence-electron chi connectivity index (χ0n) is 14.5. The van der Waals surface area contributed by atoms with Gasteiger partial charge in [0, 0.05) is 6.08 Å². The van der Waals surface area contributed by atoms with E-state index < -0.39 is 13.7 Å². The highest BCUT2D eigenvalue weighted by atomic mass is 28.3. The molecular formula is C18H30O2Si. The van der Waals surface area contributed by atoms with Crippen LogP contribution in [0.15, 0.2) is 35.1 Å². The molecule has 0 spiro atoms. The molecule has 0 aromatic carbocycles. The third-order valence-corrected chi connectivity index (χ3v) is 4.33. The second-order valence-electron chi connectivity index (χ2n) is 7.82. The van der Waals surface area contributed by atoms with E-state index in [1.165, 1.54) is 24.0 Å². The Kier molecular flexibility index (Phi) is 6.20. The monoisotopic (exact) mass is 306 g/mol. The first-order chi connectivity index (χ1) is 9.57. The molecule has 0 radical (unpaired) electrons. The zero-order chi connectivity index (χ0) is 16.1. The molecule has 1 aliphatic carbocycles. The molecule has 1 aliphatic rings. The molecule has 0 N–H and O–H groups in total. The highest BCUT2D eigenvalue weighted by molar-refractivity contribution is 6.81. The van der Waals surface area contributed by atoms with Crippen molar-refractivity contribution in [3.8, 4) is 0 Å². The van der Waals surface area contributed by atoms with Crippen molar-refractivity contribution >= 4 is 14.0 Å². The summed E-state index contributed by atoms with van der Waals surface area (Å²) in [6.07, 6.45) is 10.5. The summed E-state index contributed by atoms with van der Waals surface area (Å²) in [6, 6.07) is 0. The summed E-state index contributed by atoms with van der Waals surface area (Å²) in [5.74, 6) is -0.255. The van der Waals surface area contributed by atoms with Crippen molar-refractivity contribution in [2.75, 3.05) is 0 Å². The summed E-state index contributed by atoms with van der Waals surface area (Å²) in [6.45, 7) is 12.7. The Balaban J connectivity index is 2.83. The van der Waals surface area contributed by atoms with E-state index in [1.54, 1.807) is 6.08 Å². The number of hydrogen-bond donors (Lipinski definition) is 0. The Hall–Kier alpha value is -1.09. The highest BCUT2D eigenvalue weighted by Crippen LogP contribution is 2.27. The van der Waals surface area contributed by atoms with Gasteiger partial charge in [-0.15, -0.1) is 0 Å². The number of carbonyl (C=O) groups is 1. The van der Waals surface area contributed by atoms with Gasteiger partial charge in [0.2, 0.25) is 0 Å². The molecule has 0 saturated carbocycles. The van der Waals surface area contributed by atoms with Gasteiger partial charge in [-0.2, -0.15) is 0 Å². The van der Waals surface area contributed by atoms with Crippen molar-refractivity contribution in [2.24, 2.45) is 0 Å². The van der Waals surface area contributed by atoms with E-state index >= 15 is 0 Å². The van der Waals surface area contributed by atoms with Crippen LogP contribution in [0.5, 0.6) is 0 Å². The van der Waals surface area contributed by atoms with Gasteiger partial charge in [0.15, 0.2) is 0 Å². The molecule has 0 aromatic heterocycles. The predicted molar refractivity (Wildman–Crippen MR) is 93.0 cm³/mol. The van der Waals surface area contributed by atoms with Crippen molar-refractivity contribution in [3.05, 3.63) is 35.1 Å². The third-order valence-electron chi connectivity index (χ3n) is 3.17. The number of rotatable bonds is 4. The fourth-order valence-corrected chi connectivity index (χ4v) is 2.89. The fourth-order valence-electron chi connectivity index (χ4n) is 2.19. The van der Waals surface area contributed by atoms with Gasteiger partial charge < -0.3 is 4.74 Å². The normalized spacial score (nSPS) is 17.8. The summed E-state index contributed by atoms with van der Waals surface area (Å²) in [7, 11) is -1.18. The topological polar surface area (TPSA) is 26.3 Å². The molecule has 0 fully saturated rings. The Labute approximate surface area is 131 Å². The van der Waals surface area contributed by atoms with E-state index in [9.17, 15) is 4.79 Å². The molecule has 0 bridgehead atoms. The highest BCUT2D eigenvalue weighted by Gasteiger charge is 2.15. The average Bonchev–Trinajstić information content (AvgIpc) is 2.32. The van der Waals surface area contributed by atoms with E-state index in [2.05, 4.69) is 31.4 Å². The minimum Gasteiger partial charge on any atom is -0.457 e. The number of hydrogen-bond acceptors (Lipinski definition) is 2. The van der Waals surface area contributed by atoms with Gasteiger partial charge in [0.1, 0.15) is 5.60 Å². The van der Waals surface area contributed by atoms with Crippen LogP contribution in [0.25, 0.3) is 0 Å². The van der Waals surface area contributed by atoms with E-state index in [0.29, 0.717) is 0 Å². The maximum absolute atomic E-state index is 11.8. The van der Waals surface area contributed by atoms with E-state index in [4.69, 9.17) is 4.74 Å². The predicted octanol–water partition coefficient (Wildman–Crippen LogP) is 5.19. The molecule has 0 heterocycles. The van der Waals surface area contributed by atoms with Crippen LogP contribution in [-0.4, -0.2) is 19.6 Å². The molecule has 3 heteroatoms. The molecule has 0 aliphatic heterocycles. The summed E-state index contributed by atoms with van der Waals surface area (Å²) < 4.78 is 5.32. The molecular weight excluding hydrogens is 276 g/mol. The molecule has 0 saturated heterocycles. The van der Waals surface area contributed by atoms with E-state index in [-0.39, 0.29) is 5.97 Å². The Bertz CT molecular complexity index is 457. The lowest BCUT2D eigenvalue weighted by atomic mass is 9.91. The van der Waals surface area contributed by atoms with Crippen LogP contribution in [0.3, 0.4) is 0 Å². The minimum atomic E-state index is -1.18. The van der Waals surface area contributed by atoms with Crippen molar-refractivity contribution < 1.29 is 9.53 Å². The Morgan fingerprint density at radius 1 is 1.05 bits per heavy atom. The van der Waals surface area contributed by atoms with Crippen LogP contribution in [0.4, 0.5) is 0 Å². The SMILES string of the molecule is CC(C)(C)OC(=O)/C=C/C1=C(/C=C/[Si](C)(C)C)CCCC1. The number of carbonyl (C=O) groups excluding carboxylic acids is 1. The lowest BCUT2D eigenvalue weighted by Gasteiger charge is -2.19. The Morgan fingerprint density at radius 2 is 1.57 bits per heavy atom. The average molecular weight is 307 g/mol. The number of esters is 1. The van der Waals surface area contributed by atoms with Gasteiger partial charge in [-0.25, -0.2) is 4.79 Å². The number of allylic oxidation sites excluding steroid dienone is 4. The molecule has 2 nitrogen and oxygen atoms in total. The third kappa shape index (κ3) is 8.05. The fraction of sp³-hybridized carbons (Fsp3) is 0.611. The zero-order valence-corrected chi connectivity index (χ0v) is 15.5. The molecule has 0 aromatic rings. The smallest absolute Gasteiger partial charge is 0.331 e. The van der Waals surface area contributed by atoms with Gasteiger partial charge in [-0.1, -0.05) is 37.5 Å². The van der Waals surface area contributed by atoms with Crippen LogP contribution in [0.1, 0.15) is 46.5 Å². The first kappa shape index (κ1) is 18.0. The first-order valence-corrected chi connectivity index (χ1v) is 11.5. The van der Waals surface area contributed by atoms with Crippen molar-refractivity contribution in [1.29, 1.82) is 0 Å². The van der Waals surface area contributed by atoms with Crippen LogP contribution in [0, 0.1) is 0 Å². The quantitative estimate of drug-likeness (QED) is 0.406. The lowest BCUT2D eigenvalue weighted by Crippen LogP contribution is -2.22. The first-order valence-electron chi connectivity index (χ1n) is 7.89. The van der Waals surface area contributed by atoms with Crippen LogP contribution >= 0.6 is 0 Å². The summed E-state index contributed by atoms with van der Waals surface area (Å²) in [5, 5.41) is 0. The van der Waals surface area contributed by atoms with Gasteiger partial charge in [0.25, 0.3) is 0 Å². The van der Waals surface area contributed by atoms with Gasteiger partial charge in [-0.3, -0.25) is 0 Å². The summed E-state index contributed by atoms with van der Waals surface area (Å²) in [4.78, 5) is 11.8. The summed E-state index contributed by atoms with van der Waals surface area (Å²) >= 11 is 0. The molecule has 0 atom stereocenters. The molecule has 0 amide bonds. The molecule has 1 rings (SSSR count). The standard InChI is InChI=1S/C18H30O2Si/c1-18(2,3)20-17(19)12-11-15-9-7-8-10-16(15)13-14-21(4,5)6/h11-14H,7-10H2,1-6H3/b12-11+,14-13+. The van der Waals surface area contributed by atoms with Crippen molar-refractivity contribution in [2.45, 2.75) is 71.7 Å². The molecule has 118 valence electrons. The maximum Gasteiger partial charge on any atom is 0.331 e. The van der Waals surface area contributed by atoms with Crippen LogP contribution in [0.2, 0.25) is 19.6 Å². The Morgan fingerprint density at radius 3 is 2.05 bits per heavy atom. The van der Waals surface area contributed by atoms with Crippen molar-refractivity contribution in [3.63, 3.8) is 0 Å². The van der Waals surface area contributed by atoms with Gasteiger partial charge in [-0.05, 0) is 57.6 Å². The minimum absolute atomic E-state index is 0.255. The van der Waals surface area contributed by atoms with Gasteiger partial charge >= 0.3 is 5.97 Å². The van der Waals surface area contributed by atoms with Crippen molar-refractivity contribution in [1.82, 2.24) is 0 Å². The van der Waals surface area contributed by atoms with Crippen LogP contribution in [-0.2, 0) is 9.53 Å². The second kappa shape index (κ2) is 7.26. The van der Waals surface area contributed by atoms with E-state index in [0.717, 1.165) is 12.8 Å².